The normalized spacial score (nSPS) is 29.3. The molecule has 4 saturated carbocycles. The van der Waals surface area contributed by atoms with E-state index in [1.807, 2.05) is 0 Å². The van der Waals surface area contributed by atoms with Gasteiger partial charge in [-0.1, -0.05) is 0 Å². The van der Waals surface area contributed by atoms with E-state index in [0.29, 0.717) is 0 Å². The monoisotopic (exact) mass is 927 g/mol. The SMILES string of the molecule is Cc1ccc(-c2cccc3c2C=C(CC24CCC(CC2)C4)[CH]3[Zr]([Cl])([Cl])([CH]2C(CC34CCC(CC3)C4)=Cc3c(-c4ccc(C)cc4)cccc32)[SiH](C)CCC(F)(F)F)cc1. The van der Waals surface area contributed by atoms with Crippen molar-refractivity contribution in [1.29, 1.82) is 0 Å². The van der Waals surface area contributed by atoms with Gasteiger partial charge in [-0.25, -0.2) is 0 Å². The Balaban J connectivity index is 1.21. The molecule has 0 aromatic heterocycles. The molecular weight excluding hydrogens is 872 g/mol. The average molecular weight is 930 g/mol. The second kappa shape index (κ2) is 14.7. The molecule has 0 radical (unpaired) electrons. The standard InChI is InChI=1S/2C24H25.C4H8F3Si.2ClH.Zr/c2*1-17-5-7-20(8-6-17)22-4-2-3-21-13-19(14-23(21)22)16-24-11-9-18(15-24)10-12-24;1-8-3-2-4(5,6)7;;;/h2*2-8,13-14,18H,9-12,15-16H2,1H3;8H,2-3H2,1H3;2*1H;/q;;;;;+2/p-2. The first-order valence-electron chi connectivity index (χ1n) is 22.6. The topological polar surface area (TPSA) is 0 Å². The number of rotatable bonds is 11. The van der Waals surface area contributed by atoms with E-state index in [2.05, 4.69) is 117 Å². The summed E-state index contributed by atoms with van der Waals surface area (Å²) in [4.78, 5) is 0. The average Bonchev–Trinajstić information content (AvgIpc) is 4.07. The van der Waals surface area contributed by atoms with Gasteiger partial charge in [-0.05, 0) is 0 Å². The molecule has 6 aliphatic carbocycles. The van der Waals surface area contributed by atoms with Gasteiger partial charge in [0.25, 0.3) is 0 Å². The van der Waals surface area contributed by atoms with Crippen LogP contribution < -0.4 is 0 Å². The molecule has 4 aromatic rings. The van der Waals surface area contributed by atoms with E-state index in [9.17, 15) is 13.2 Å². The number of benzene rings is 4. The van der Waals surface area contributed by atoms with Gasteiger partial charge in [0.15, 0.2) is 0 Å². The van der Waals surface area contributed by atoms with Gasteiger partial charge in [0.2, 0.25) is 0 Å². The third-order valence-corrected chi connectivity index (χ3v) is 67.0. The number of allylic oxidation sites excluding steroid dienone is 2. The number of halogens is 5. The number of hydrogen-bond donors (Lipinski definition) is 0. The van der Waals surface area contributed by atoms with Crippen LogP contribution in [0.15, 0.2) is 96.1 Å². The summed E-state index contributed by atoms with van der Waals surface area (Å²) in [6.45, 7) is 6.42. The van der Waals surface area contributed by atoms with E-state index in [1.54, 1.807) is 0 Å². The Labute approximate surface area is 358 Å². The van der Waals surface area contributed by atoms with Gasteiger partial charge in [0.05, 0.1) is 0 Å². The van der Waals surface area contributed by atoms with Gasteiger partial charge in [0.1, 0.15) is 0 Å². The van der Waals surface area contributed by atoms with E-state index in [4.69, 9.17) is 17.0 Å². The van der Waals surface area contributed by atoms with Crippen molar-refractivity contribution in [2.45, 2.75) is 123 Å². The van der Waals surface area contributed by atoms with Crippen molar-refractivity contribution in [3.8, 4) is 22.3 Å². The molecule has 309 valence electrons. The maximum absolute atomic E-state index is 14.5. The molecule has 0 N–H and O–H groups in total. The molecule has 10 rings (SSSR count). The molecule has 0 spiro atoms. The summed E-state index contributed by atoms with van der Waals surface area (Å²) in [5.74, 6) is -0.969. The fraction of sp³-hybridized carbons (Fsp3) is 0.462. The number of hydrogen-bond acceptors (Lipinski definition) is 0. The van der Waals surface area contributed by atoms with Crippen LogP contribution in [-0.4, -0.2) is 12.1 Å². The van der Waals surface area contributed by atoms with Gasteiger partial charge in [-0.15, -0.1) is 0 Å². The van der Waals surface area contributed by atoms with Gasteiger partial charge in [-0.3, -0.25) is 0 Å². The van der Waals surface area contributed by atoms with Crippen LogP contribution >= 0.6 is 17.0 Å². The van der Waals surface area contributed by atoms with E-state index < -0.39 is 34.1 Å². The second-order valence-corrected chi connectivity index (χ2v) is 61.9. The van der Waals surface area contributed by atoms with Crippen molar-refractivity contribution < 1.29 is 28.7 Å². The molecule has 0 heterocycles. The van der Waals surface area contributed by atoms with Crippen molar-refractivity contribution in [1.82, 2.24) is 0 Å². The van der Waals surface area contributed by atoms with Gasteiger partial charge >= 0.3 is 362 Å². The molecule has 6 aliphatic rings. The number of alkyl halides is 3. The summed E-state index contributed by atoms with van der Waals surface area (Å²) < 4.78 is 43.1. The fourth-order valence-corrected chi connectivity index (χ4v) is 53.9. The first-order chi connectivity index (χ1) is 28.1. The van der Waals surface area contributed by atoms with Crippen LogP contribution in [0.4, 0.5) is 13.2 Å². The Kier molecular flexibility index (Phi) is 10.2. The second-order valence-electron chi connectivity index (χ2n) is 20.6. The van der Waals surface area contributed by atoms with Crippen LogP contribution in [0, 0.1) is 36.5 Å². The molecule has 59 heavy (non-hydrogen) atoms. The van der Waals surface area contributed by atoms with Crippen LogP contribution in [-0.2, 0) is 15.6 Å². The Morgan fingerprint density at radius 1 is 0.627 bits per heavy atom. The van der Waals surface area contributed by atoms with Crippen LogP contribution in [0.2, 0.25) is 12.6 Å². The molecule has 3 atom stereocenters. The van der Waals surface area contributed by atoms with Crippen molar-refractivity contribution in [2.75, 3.05) is 0 Å². The quantitative estimate of drug-likeness (QED) is 0.132. The Bertz CT molecular complexity index is 2190. The van der Waals surface area contributed by atoms with Crippen LogP contribution in [0.25, 0.3) is 34.4 Å². The summed E-state index contributed by atoms with van der Waals surface area (Å²) >= 11 is -5.69. The van der Waals surface area contributed by atoms with Crippen LogP contribution in [0.3, 0.4) is 0 Å². The minimum atomic E-state index is -5.69. The summed E-state index contributed by atoms with van der Waals surface area (Å²) in [7, 11) is 18.3. The number of fused-ring (bicyclic) bond motifs is 6. The van der Waals surface area contributed by atoms with Crippen LogP contribution in [0.1, 0.15) is 124 Å². The summed E-state index contributed by atoms with van der Waals surface area (Å²) in [5.41, 5.74) is 15.0. The molecule has 0 nitrogen and oxygen atoms in total. The Morgan fingerprint density at radius 3 is 1.39 bits per heavy atom. The predicted octanol–water partition coefficient (Wildman–Crippen LogP) is 16.5. The Hall–Kier alpha value is -2.17. The zero-order valence-electron chi connectivity index (χ0n) is 34.9. The molecule has 7 heteroatoms. The van der Waals surface area contributed by atoms with E-state index in [-0.39, 0.29) is 24.1 Å². The van der Waals surface area contributed by atoms with E-state index in [0.717, 1.165) is 35.8 Å². The minimum absolute atomic E-state index is 0.0791. The Morgan fingerprint density at radius 2 is 1.03 bits per heavy atom. The molecule has 0 saturated heterocycles. The van der Waals surface area contributed by atoms with E-state index >= 15 is 0 Å². The van der Waals surface area contributed by atoms with Crippen molar-refractivity contribution >= 4 is 35.1 Å². The van der Waals surface area contributed by atoms with Crippen molar-refractivity contribution in [3.05, 3.63) is 129 Å². The van der Waals surface area contributed by atoms with Gasteiger partial charge < -0.3 is 0 Å². The first kappa shape index (κ1) is 40.9. The zero-order valence-corrected chi connectivity index (χ0v) is 40.0. The third-order valence-electron chi connectivity index (χ3n) is 16.9. The number of aryl methyl sites for hydroxylation is 2. The maximum atomic E-state index is 14.5. The molecular formula is C52H58Cl2F3SiZr. The molecule has 4 bridgehead atoms. The predicted molar refractivity (Wildman–Crippen MR) is 242 cm³/mol. The first-order valence-corrected chi connectivity index (χ1v) is 38.5. The molecule has 0 amide bonds. The van der Waals surface area contributed by atoms with Gasteiger partial charge in [-0.2, -0.15) is 0 Å². The molecule has 4 fully saturated rings. The van der Waals surface area contributed by atoms with Crippen molar-refractivity contribution in [3.63, 3.8) is 0 Å². The molecule has 4 aromatic carbocycles. The fourth-order valence-electron chi connectivity index (χ4n) is 13.9. The summed E-state index contributed by atoms with van der Waals surface area (Å²) in [5, 5.41) is 0. The summed E-state index contributed by atoms with van der Waals surface area (Å²) in [6.07, 6.45) is 14.3. The zero-order chi connectivity index (χ0) is 41.0. The molecule has 0 aliphatic heterocycles. The molecule has 3 unspecified atom stereocenters. The van der Waals surface area contributed by atoms with Crippen LogP contribution in [0.5, 0.6) is 0 Å². The van der Waals surface area contributed by atoms with E-state index in [1.165, 1.54) is 120 Å². The third kappa shape index (κ3) is 7.02. The summed E-state index contributed by atoms with van der Waals surface area (Å²) in [6, 6.07) is 31.0. The van der Waals surface area contributed by atoms with Crippen molar-refractivity contribution in [2.24, 2.45) is 22.7 Å². The van der Waals surface area contributed by atoms with Gasteiger partial charge in [0, 0.05) is 0 Å².